The predicted molar refractivity (Wildman–Crippen MR) is 163 cm³/mol. The summed E-state index contributed by atoms with van der Waals surface area (Å²) in [5.41, 5.74) is 1.67. The summed E-state index contributed by atoms with van der Waals surface area (Å²) in [5, 5.41) is 3.15. The second-order valence-electron chi connectivity index (χ2n) is 10.4. The van der Waals surface area contributed by atoms with E-state index in [1.807, 2.05) is 18.2 Å². The van der Waals surface area contributed by atoms with Crippen LogP contribution in [0.3, 0.4) is 0 Å². The van der Waals surface area contributed by atoms with Gasteiger partial charge in [0.05, 0.1) is 30.3 Å². The molecule has 10 nitrogen and oxygen atoms in total. The zero-order valence-electron chi connectivity index (χ0n) is 23.5. The van der Waals surface area contributed by atoms with Crippen LogP contribution in [-0.2, 0) is 24.4 Å². The molecule has 3 aromatic carbocycles. The largest absolute Gasteiger partial charge is 0.467 e. The van der Waals surface area contributed by atoms with Crippen LogP contribution in [0.25, 0.3) is 10.9 Å². The number of piperazine rings is 1. The van der Waals surface area contributed by atoms with Gasteiger partial charge in [0.25, 0.3) is 11.5 Å². The van der Waals surface area contributed by atoms with Crippen LogP contribution in [0.15, 0.2) is 111 Å². The number of carbonyl (C=O) groups excluding carboxylic acids is 2. The molecule has 1 aliphatic rings. The molecule has 5 aromatic rings. The van der Waals surface area contributed by atoms with Gasteiger partial charge >= 0.3 is 5.69 Å². The molecule has 1 N–H and O–H groups in total. The van der Waals surface area contributed by atoms with Crippen molar-refractivity contribution in [1.82, 2.24) is 19.4 Å². The second-order valence-corrected chi connectivity index (χ2v) is 10.4. The lowest BCUT2D eigenvalue weighted by Crippen LogP contribution is -2.50. The number of carbonyl (C=O) groups is 2. The molecule has 43 heavy (non-hydrogen) atoms. The van der Waals surface area contributed by atoms with Crippen LogP contribution in [0.5, 0.6) is 0 Å². The summed E-state index contributed by atoms with van der Waals surface area (Å²) in [6.07, 6.45) is 1.54. The number of furan rings is 1. The highest BCUT2D eigenvalue weighted by Crippen LogP contribution is 2.16. The second kappa shape index (κ2) is 12.2. The molecule has 0 radical (unpaired) electrons. The van der Waals surface area contributed by atoms with E-state index in [9.17, 15) is 19.2 Å². The molecule has 3 heterocycles. The quantitative estimate of drug-likeness (QED) is 0.304. The third-order valence-electron chi connectivity index (χ3n) is 7.74. The first-order valence-corrected chi connectivity index (χ1v) is 14.2. The van der Waals surface area contributed by atoms with Gasteiger partial charge in [-0.1, -0.05) is 42.5 Å². The van der Waals surface area contributed by atoms with Gasteiger partial charge in [0.15, 0.2) is 0 Å². The molecule has 0 aliphatic carbocycles. The zero-order valence-corrected chi connectivity index (χ0v) is 23.5. The number of para-hydroxylation sites is 2. The van der Waals surface area contributed by atoms with Crippen molar-refractivity contribution in [2.24, 2.45) is 0 Å². The molecule has 6 rings (SSSR count). The number of hydrogen-bond donors (Lipinski definition) is 1. The van der Waals surface area contributed by atoms with Gasteiger partial charge in [-0.25, -0.2) is 4.79 Å². The van der Waals surface area contributed by atoms with Gasteiger partial charge in [0, 0.05) is 37.4 Å². The standard InChI is InChI=1S/C33H31N5O5/c39-30(36-18-16-35(17-19-36)26-7-2-1-3-8-26)23-37-29-11-5-4-10-28(29)32(41)38(33(37)42)22-24-12-14-25(15-13-24)31(40)34-21-27-9-6-20-43-27/h1-15,20H,16-19,21-23H2,(H,34,40). The molecule has 1 aliphatic heterocycles. The molecule has 2 aromatic heterocycles. The lowest BCUT2D eigenvalue weighted by Gasteiger charge is -2.36. The number of hydrogen-bond acceptors (Lipinski definition) is 6. The summed E-state index contributed by atoms with van der Waals surface area (Å²) < 4.78 is 7.78. The average molecular weight is 578 g/mol. The van der Waals surface area contributed by atoms with E-state index >= 15 is 0 Å². The Labute approximate surface area is 247 Å². The van der Waals surface area contributed by atoms with Crippen molar-refractivity contribution in [3.8, 4) is 0 Å². The number of amides is 2. The third-order valence-corrected chi connectivity index (χ3v) is 7.74. The Morgan fingerprint density at radius 3 is 2.21 bits per heavy atom. The molecule has 0 saturated carbocycles. The van der Waals surface area contributed by atoms with E-state index in [1.54, 1.807) is 71.8 Å². The summed E-state index contributed by atoms with van der Waals surface area (Å²) >= 11 is 0. The van der Waals surface area contributed by atoms with Gasteiger partial charge in [-0.15, -0.1) is 0 Å². The first kappa shape index (κ1) is 27.8. The summed E-state index contributed by atoms with van der Waals surface area (Å²) in [6.45, 7) is 2.58. The number of nitrogens with zero attached hydrogens (tertiary/aromatic N) is 4. The zero-order chi connectivity index (χ0) is 29.8. The molecule has 0 spiro atoms. The lowest BCUT2D eigenvalue weighted by atomic mass is 10.1. The maximum Gasteiger partial charge on any atom is 0.332 e. The van der Waals surface area contributed by atoms with Gasteiger partial charge in [-0.3, -0.25) is 23.5 Å². The fourth-order valence-corrected chi connectivity index (χ4v) is 5.38. The number of aromatic nitrogens is 2. The number of nitrogens with one attached hydrogen (secondary N) is 1. The number of fused-ring (bicyclic) bond motifs is 1. The van der Waals surface area contributed by atoms with Gasteiger partial charge in [-0.05, 0) is 54.1 Å². The highest BCUT2D eigenvalue weighted by molar-refractivity contribution is 5.94. The van der Waals surface area contributed by atoms with Crippen molar-refractivity contribution in [2.75, 3.05) is 31.1 Å². The normalized spacial score (nSPS) is 13.3. The maximum atomic E-state index is 13.7. The molecular weight excluding hydrogens is 546 g/mol. The van der Waals surface area contributed by atoms with Crippen LogP contribution in [-0.4, -0.2) is 52.0 Å². The molecule has 0 unspecified atom stereocenters. The maximum absolute atomic E-state index is 13.7. The smallest absolute Gasteiger partial charge is 0.332 e. The Kier molecular flexibility index (Phi) is 7.90. The van der Waals surface area contributed by atoms with Crippen LogP contribution in [0, 0.1) is 0 Å². The number of anilines is 1. The van der Waals surface area contributed by atoms with E-state index in [-0.39, 0.29) is 31.4 Å². The monoisotopic (exact) mass is 577 g/mol. The SMILES string of the molecule is O=C(NCc1ccco1)c1ccc(Cn2c(=O)c3ccccc3n(CC(=O)N3CCN(c4ccccc4)CC3)c2=O)cc1. The first-order valence-electron chi connectivity index (χ1n) is 14.2. The van der Waals surface area contributed by atoms with Crippen LogP contribution in [0.4, 0.5) is 5.69 Å². The molecule has 2 amide bonds. The Bertz CT molecular complexity index is 1850. The van der Waals surface area contributed by atoms with E-state index in [0.29, 0.717) is 54.0 Å². The Hall–Kier alpha value is -5.38. The average Bonchev–Trinajstić information content (AvgIpc) is 3.58. The van der Waals surface area contributed by atoms with Crippen molar-refractivity contribution in [3.63, 3.8) is 0 Å². The van der Waals surface area contributed by atoms with E-state index < -0.39 is 11.2 Å². The van der Waals surface area contributed by atoms with Crippen LogP contribution >= 0.6 is 0 Å². The van der Waals surface area contributed by atoms with E-state index in [4.69, 9.17) is 4.42 Å². The number of benzene rings is 3. The molecule has 218 valence electrons. The van der Waals surface area contributed by atoms with Gasteiger partial charge in [0.2, 0.25) is 5.91 Å². The topological polar surface area (TPSA) is 110 Å². The summed E-state index contributed by atoms with van der Waals surface area (Å²) in [5.74, 6) is 0.205. The van der Waals surface area contributed by atoms with E-state index in [1.165, 1.54) is 4.57 Å². The Balaban J connectivity index is 1.19. The van der Waals surface area contributed by atoms with Crippen molar-refractivity contribution in [3.05, 3.63) is 135 Å². The summed E-state index contributed by atoms with van der Waals surface area (Å²) in [4.78, 5) is 57.1. The fraction of sp³-hybridized carbons (Fsp3) is 0.212. The molecule has 1 fully saturated rings. The first-order chi connectivity index (χ1) is 21.0. The Morgan fingerprint density at radius 1 is 0.767 bits per heavy atom. The molecule has 0 atom stereocenters. The van der Waals surface area contributed by atoms with Crippen molar-refractivity contribution < 1.29 is 14.0 Å². The molecular formula is C33H31N5O5. The predicted octanol–water partition coefficient (Wildman–Crippen LogP) is 3.08. The summed E-state index contributed by atoms with van der Waals surface area (Å²) in [6, 6.07) is 27.2. The van der Waals surface area contributed by atoms with Gasteiger partial charge in [0.1, 0.15) is 12.3 Å². The van der Waals surface area contributed by atoms with Crippen LogP contribution < -0.4 is 21.5 Å². The number of rotatable bonds is 8. The minimum atomic E-state index is -0.555. The minimum absolute atomic E-state index is 0.000730. The van der Waals surface area contributed by atoms with Crippen LogP contribution in [0.1, 0.15) is 21.7 Å². The van der Waals surface area contributed by atoms with E-state index in [2.05, 4.69) is 22.3 Å². The highest BCUT2D eigenvalue weighted by Gasteiger charge is 2.23. The van der Waals surface area contributed by atoms with Crippen molar-refractivity contribution in [1.29, 1.82) is 0 Å². The Morgan fingerprint density at radius 2 is 1.49 bits per heavy atom. The molecule has 0 bridgehead atoms. The van der Waals surface area contributed by atoms with Crippen LogP contribution in [0.2, 0.25) is 0 Å². The van der Waals surface area contributed by atoms with Crippen molar-refractivity contribution >= 4 is 28.4 Å². The highest BCUT2D eigenvalue weighted by atomic mass is 16.3. The molecule has 1 saturated heterocycles. The lowest BCUT2D eigenvalue weighted by molar-refractivity contribution is -0.132. The minimum Gasteiger partial charge on any atom is -0.467 e. The van der Waals surface area contributed by atoms with Gasteiger partial charge < -0.3 is 19.5 Å². The summed E-state index contributed by atoms with van der Waals surface area (Å²) in [7, 11) is 0. The van der Waals surface area contributed by atoms with Crippen molar-refractivity contribution in [2.45, 2.75) is 19.6 Å². The fourth-order valence-electron chi connectivity index (χ4n) is 5.38. The molecule has 10 heteroatoms. The van der Waals surface area contributed by atoms with Gasteiger partial charge in [-0.2, -0.15) is 0 Å². The van der Waals surface area contributed by atoms with E-state index in [0.717, 1.165) is 10.3 Å². The third kappa shape index (κ3) is 5.99.